The normalized spacial score (nSPS) is 11.6. The zero-order valence-electron chi connectivity index (χ0n) is 10.5. The number of hydrogen-bond acceptors (Lipinski definition) is 1. The summed E-state index contributed by atoms with van der Waals surface area (Å²) in [6.07, 6.45) is 0. The molecule has 0 fully saturated rings. The van der Waals surface area contributed by atoms with E-state index < -0.39 is 0 Å². The Morgan fingerprint density at radius 3 is 2.39 bits per heavy atom. The molecule has 1 nitrogen and oxygen atoms in total. The first-order valence-electron chi connectivity index (χ1n) is 5.82. The molecule has 0 N–H and O–H groups in total. The highest BCUT2D eigenvalue weighted by Crippen LogP contribution is 2.25. The van der Waals surface area contributed by atoms with E-state index in [1.54, 1.807) is 12.1 Å². The van der Waals surface area contributed by atoms with Crippen molar-refractivity contribution in [2.75, 3.05) is 5.88 Å². The Morgan fingerprint density at radius 1 is 1.11 bits per heavy atom. The third kappa shape index (κ3) is 2.70. The molecule has 94 valence electrons. The minimum atomic E-state index is -0.240. The standard InChI is InChI=1S/C15H15ClFN/c1-15(2,10-16)14-5-3-4-13(18-14)11-6-8-12(17)9-7-11/h3-9H,10H2,1-2H3. The van der Waals surface area contributed by atoms with Gasteiger partial charge >= 0.3 is 0 Å². The molecule has 0 radical (unpaired) electrons. The quantitative estimate of drug-likeness (QED) is 0.748. The van der Waals surface area contributed by atoms with Crippen LogP contribution in [0.3, 0.4) is 0 Å². The molecule has 0 amide bonds. The van der Waals surface area contributed by atoms with Gasteiger partial charge in [0, 0.05) is 22.6 Å². The van der Waals surface area contributed by atoms with Crippen LogP contribution in [0.5, 0.6) is 0 Å². The molecular formula is C15H15ClFN. The number of rotatable bonds is 3. The fourth-order valence-corrected chi connectivity index (χ4v) is 1.80. The van der Waals surface area contributed by atoms with Crippen molar-refractivity contribution in [3.8, 4) is 11.3 Å². The van der Waals surface area contributed by atoms with Gasteiger partial charge in [0.05, 0.1) is 5.69 Å². The Morgan fingerprint density at radius 2 is 1.78 bits per heavy atom. The summed E-state index contributed by atoms with van der Waals surface area (Å²) < 4.78 is 12.9. The van der Waals surface area contributed by atoms with Crippen molar-refractivity contribution < 1.29 is 4.39 Å². The lowest BCUT2D eigenvalue weighted by Gasteiger charge is -2.21. The van der Waals surface area contributed by atoms with Crippen LogP contribution in [0.25, 0.3) is 11.3 Å². The zero-order chi connectivity index (χ0) is 13.2. The average Bonchev–Trinajstić information content (AvgIpc) is 2.40. The summed E-state index contributed by atoms with van der Waals surface area (Å²) in [7, 11) is 0. The first-order valence-corrected chi connectivity index (χ1v) is 6.36. The molecule has 0 unspecified atom stereocenters. The zero-order valence-corrected chi connectivity index (χ0v) is 11.2. The van der Waals surface area contributed by atoms with Crippen LogP contribution in [0, 0.1) is 5.82 Å². The topological polar surface area (TPSA) is 12.9 Å². The van der Waals surface area contributed by atoms with Gasteiger partial charge in [0.1, 0.15) is 5.82 Å². The number of hydrogen-bond donors (Lipinski definition) is 0. The largest absolute Gasteiger partial charge is 0.252 e. The van der Waals surface area contributed by atoms with Crippen LogP contribution in [-0.4, -0.2) is 10.9 Å². The number of alkyl halides is 1. The van der Waals surface area contributed by atoms with Gasteiger partial charge < -0.3 is 0 Å². The van der Waals surface area contributed by atoms with Crippen LogP contribution >= 0.6 is 11.6 Å². The van der Waals surface area contributed by atoms with E-state index in [-0.39, 0.29) is 11.2 Å². The second-order valence-electron chi connectivity index (χ2n) is 4.93. The van der Waals surface area contributed by atoms with Crippen molar-refractivity contribution in [3.63, 3.8) is 0 Å². The highest BCUT2D eigenvalue weighted by Gasteiger charge is 2.21. The summed E-state index contributed by atoms with van der Waals surface area (Å²) in [5, 5.41) is 0. The third-order valence-electron chi connectivity index (χ3n) is 2.92. The molecule has 0 bridgehead atoms. The van der Waals surface area contributed by atoms with Gasteiger partial charge in [-0.05, 0) is 36.4 Å². The van der Waals surface area contributed by atoms with Crippen molar-refractivity contribution in [1.82, 2.24) is 4.98 Å². The molecule has 0 saturated heterocycles. The monoisotopic (exact) mass is 263 g/mol. The van der Waals surface area contributed by atoms with Crippen LogP contribution in [0.15, 0.2) is 42.5 Å². The van der Waals surface area contributed by atoms with E-state index in [1.165, 1.54) is 12.1 Å². The van der Waals surface area contributed by atoms with Crippen molar-refractivity contribution >= 4 is 11.6 Å². The highest BCUT2D eigenvalue weighted by molar-refractivity contribution is 6.18. The lowest BCUT2D eigenvalue weighted by Crippen LogP contribution is -2.20. The van der Waals surface area contributed by atoms with E-state index in [2.05, 4.69) is 18.8 Å². The Hall–Kier alpha value is -1.41. The van der Waals surface area contributed by atoms with Gasteiger partial charge in [0.2, 0.25) is 0 Å². The van der Waals surface area contributed by atoms with E-state index >= 15 is 0 Å². The average molecular weight is 264 g/mol. The van der Waals surface area contributed by atoms with Gasteiger partial charge in [-0.15, -0.1) is 11.6 Å². The predicted molar refractivity (Wildman–Crippen MR) is 73.4 cm³/mol. The van der Waals surface area contributed by atoms with Crippen molar-refractivity contribution in [2.24, 2.45) is 0 Å². The third-order valence-corrected chi connectivity index (χ3v) is 3.58. The van der Waals surface area contributed by atoms with E-state index in [4.69, 9.17) is 11.6 Å². The summed E-state index contributed by atoms with van der Waals surface area (Å²) in [5.41, 5.74) is 2.52. The SMILES string of the molecule is CC(C)(CCl)c1cccc(-c2ccc(F)cc2)n1. The number of halogens is 2. The fraction of sp³-hybridized carbons (Fsp3) is 0.267. The van der Waals surface area contributed by atoms with E-state index in [0.29, 0.717) is 5.88 Å². The smallest absolute Gasteiger partial charge is 0.123 e. The van der Waals surface area contributed by atoms with Crippen LogP contribution in [-0.2, 0) is 5.41 Å². The van der Waals surface area contributed by atoms with Crippen LogP contribution in [0.2, 0.25) is 0 Å². The summed E-state index contributed by atoms with van der Waals surface area (Å²) in [4.78, 5) is 4.61. The van der Waals surface area contributed by atoms with Crippen molar-refractivity contribution in [1.29, 1.82) is 0 Å². The molecule has 18 heavy (non-hydrogen) atoms. The van der Waals surface area contributed by atoms with Crippen LogP contribution in [0.4, 0.5) is 4.39 Å². The summed E-state index contributed by atoms with van der Waals surface area (Å²) >= 11 is 5.96. The molecule has 0 saturated carbocycles. The lowest BCUT2D eigenvalue weighted by molar-refractivity contribution is 0.577. The molecule has 1 aromatic heterocycles. The van der Waals surface area contributed by atoms with Gasteiger partial charge in [-0.1, -0.05) is 19.9 Å². The van der Waals surface area contributed by atoms with Crippen LogP contribution in [0.1, 0.15) is 19.5 Å². The Balaban J connectivity index is 2.41. The number of benzene rings is 1. The van der Waals surface area contributed by atoms with E-state index in [9.17, 15) is 4.39 Å². The minimum Gasteiger partial charge on any atom is -0.252 e. The second kappa shape index (κ2) is 5.07. The summed E-state index contributed by atoms with van der Waals surface area (Å²) in [5.74, 6) is 0.267. The first kappa shape index (κ1) is 13.0. The molecule has 0 aliphatic carbocycles. The maximum atomic E-state index is 12.9. The number of nitrogens with zero attached hydrogens (tertiary/aromatic N) is 1. The van der Waals surface area contributed by atoms with Gasteiger partial charge in [-0.3, -0.25) is 4.98 Å². The summed E-state index contributed by atoms with van der Waals surface area (Å²) in [6, 6.07) is 12.2. The maximum Gasteiger partial charge on any atom is 0.123 e. The molecule has 1 heterocycles. The molecule has 2 rings (SSSR count). The fourth-order valence-electron chi connectivity index (χ4n) is 1.66. The van der Waals surface area contributed by atoms with Crippen molar-refractivity contribution in [2.45, 2.75) is 19.3 Å². The van der Waals surface area contributed by atoms with E-state index in [0.717, 1.165) is 17.0 Å². The van der Waals surface area contributed by atoms with Gasteiger partial charge in [-0.2, -0.15) is 0 Å². The molecule has 3 heteroatoms. The van der Waals surface area contributed by atoms with Crippen molar-refractivity contribution in [3.05, 3.63) is 54.0 Å². The molecular weight excluding hydrogens is 249 g/mol. The Bertz CT molecular complexity index is 534. The number of pyridine rings is 1. The molecule has 0 spiro atoms. The summed E-state index contributed by atoms with van der Waals surface area (Å²) in [6.45, 7) is 4.10. The molecule has 0 atom stereocenters. The van der Waals surface area contributed by atoms with Crippen LogP contribution < -0.4 is 0 Å². The first-order chi connectivity index (χ1) is 8.53. The molecule has 1 aromatic carbocycles. The van der Waals surface area contributed by atoms with E-state index in [1.807, 2.05) is 18.2 Å². The molecule has 2 aromatic rings. The molecule has 0 aliphatic rings. The predicted octanol–water partition coefficient (Wildman–Crippen LogP) is 4.40. The molecule has 0 aliphatic heterocycles. The second-order valence-corrected chi connectivity index (χ2v) is 5.20. The Kier molecular flexibility index (Phi) is 3.67. The highest BCUT2D eigenvalue weighted by atomic mass is 35.5. The van der Waals surface area contributed by atoms with Gasteiger partial charge in [0.15, 0.2) is 0 Å². The Labute approximate surface area is 112 Å². The number of aromatic nitrogens is 1. The maximum absolute atomic E-state index is 12.9. The van der Waals surface area contributed by atoms with Gasteiger partial charge in [-0.25, -0.2) is 4.39 Å². The van der Waals surface area contributed by atoms with Gasteiger partial charge in [0.25, 0.3) is 0 Å². The lowest BCUT2D eigenvalue weighted by atomic mass is 9.91. The minimum absolute atomic E-state index is 0.169.